The minimum absolute atomic E-state index is 0. The van der Waals surface area contributed by atoms with Crippen molar-refractivity contribution in [2.75, 3.05) is 17.3 Å². The van der Waals surface area contributed by atoms with Crippen LogP contribution in [-0.2, 0) is 9.59 Å². The number of fused-ring (bicyclic) bond motifs is 1. The Morgan fingerprint density at radius 3 is 2.41 bits per heavy atom. The van der Waals surface area contributed by atoms with E-state index in [1.807, 2.05) is 18.2 Å². The van der Waals surface area contributed by atoms with Gasteiger partial charge >= 0.3 is 0 Å². The highest BCUT2D eigenvalue weighted by Crippen LogP contribution is 2.33. The Bertz CT molecular complexity index is 471. The summed E-state index contributed by atoms with van der Waals surface area (Å²) >= 11 is 0. The van der Waals surface area contributed by atoms with Crippen LogP contribution in [0.3, 0.4) is 0 Å². The van der Waals surface area contributed by atoms with Crippen LogP contribution < -0.4 is 10.2 Å². The first-order chi connectivity index (χ1) is 7.44. The van der Waals surface area contributed by atoms with Gasteiger partial charge in [-0.25, -0.2) is 0 Å². The molecule has 1 aliphatic heterocycles. The number of nitrogens with one attached hydrogen (secondary N) is 1. The number of rotatable bonds is 0. The predicted molar refractivity (Wildman–Crippen MR) is 69.5 cm³/mol. The molecule has 17 heavy (non-hydrogen) atoms. The molecule has 92 valence electrons. The third-order valence-electron chi connectivity index (χ3n) is 2.92. The summed E-state index contributed by atoms with van der Waals surface area (Å²) in [7, 11) is 1.68. The van der Waals surface area contributed by atoms with Crippen molar-refractivity contribution in [3.05, 3.63) is 24.3 Å². The SMILES string of the molecule is CN1C(=O)C(C)(C)C(=O)Nc2ccccc21.Cl. The van der Waals surface area contributed by atoms with Crippen LogP contribution in [-0.4, -0.2) is 18.9 Å². The lowest BCUT2D eigenvalue weighted by Crippen LogP contribution is -2.43. The van der Waals surface area contributed by atoms with Gasteiger partial charge < -0.3 is 10.2 Å². The predicted octanol–water partition coefficient (Wildman–Crippen LogP) is 2.05. The van der Waals surface area contributed by atoms with Crippen LogP contribution in [0.25, 0.3) is 0 Å². The lowest BCUT2D eigenvalue weighted by Gasteiger charge is -2.23. The Morgan fingerprint density at radius 1 is 1.18 bits per heavy atom. The smallest absolute Gasteiger partial charge is 0.241 e. The fourth-order valence-electron chi connectivity index (χ4n) is 1.78. The zero-order valence-electron chi connectivity index (χ0n) is 9.98. The summed E-state index contributed by atoms with van der Waals surface area (Å²) < 4.78 is 0. The highest BCUT2D eigenvalue weighted by molar-refractivity contribution is 6.18. The van der Waals surface area contributed by atoms with Gasteiger partial charge in [-0.15, -0.1) is 12.4 Å². The van der Waals surface area contributed by atoms with Crippen molar-refractivity contribution in [1.29, 1.82) is 0 Å². The molecule has 0 radical (unpaired) electrons. The quantitative estimate of drug-likeness (QED) is 0.721. The van der Waals surface area contributed by atoms with Crippen molar-refractivity contribution in [3.8, 4) is 0 Å². The Hall–Kier alpha value is -1.55. The number of para-hydroxylation sites is 2. The number of anilines is 2. The van der Waals surface area contributed by atoms with Crippen LogP contribution in [0.5, 0.6) is 0 Å². The molecule has 2 rings (SSSR count). The lowest BCUT2D eigenvalue weighted by molar-refractivity contribution is -0.136. The first-order valence-electron chi connectivity index (χ1n) is 5.13. The first-order valence-corrected chi connectivity index (χ1v) is 5.13. The van der Waals surface area contributed by atoms with Gasteiger partial charge in [0.15, 0.2) is 0 Å². The van der Waals surface area contributed by atoms with Gasteiger partial charge in [0.05, 0.1) is 11.4 Å². The van der Waals surface area contributed by atoms with Gasteiger partial charge in [0.1, 0.15) is 5.41 Å². The molecular formula is C12H15ClN2O2. The van der Waals surface area contributed by atoms with Crippen molar-refractivity contribution < 1.29 is 9.59 Å². The van der Waals surface area contributed by atoms with Crippen LogP contribution in [0.4, 0.5) is 11.4 Å². The van der Waals surface area contributed by atoms with Crippen molar-refractivity contribution >= 4 is 35.6 Å². The molecule has 4 nitrogen and oxygen atoms in total. The maximum atomic E-state index is 12.1. The Balaban J connectivity index is 0.00000144. The van der Waals surface area contributed by atoms with Crippen LogP contribution in [0.2, 0.25) is 0 Å². The van der Waals surface area contributed by atoms with E-state index in [0.717, 1.165) is 5.69 Å². The number of halogens is 1. The molecular weight excluding hydrogens is 240 g/mol. The molecule has 1 heterocycles. The lowest BCUT2D eigenvalue weighted by atomic mass is 9.91. The molecule has 2 amide bonds. The van der Waals surface area contributed by atoms with E-state index in [2.05, 4.69) is 5.32 Å². The molecule has 0 aromatic heterocycles. The molecule has 0 atom stereocenters. The zero-order valence-corrected chi connectivity index (χ0v) is 10.8. The minimum atomic E-state index is -1.03. The molecule has 0 saturated carbocycles. The van der Waals surface area contributed by atoms with Crippen molar-refractivity contribution in [3.63, 3.8) is 0 Å². The molecule has 0 unspecified atom stereocenters. The van der Waals surface area contributed by atoms with Crippen LogP contribution >= 0.6 is 12.4 Å². The van der Waals surface area contributed by atoms with E-state index in [9.17, 15) is 9.59 Å². The van der Waals surface area contributed by atoms with Crippen LogP contribution in [0.1, 0.15) is 13.8 Å². The second-order valence-corrected chi connectivity index (χ2v) is 4.46. The Labute approximate surface area is 106 Å². The van der Waals surface area contributed by atoms with Gasteiger partial charge in [0.25, 0.3) is 0 Å². The summed E-state index contributed by atoms with van der Waals surface area (Å²) in [5.41, 5.74) is 0.369. The largest absolute Gasteiger partial charge is 0.323 e. The molecule has 0 bridgehead atoms. The molecule has 1 aromatic carbocycles. The van der Waals surface area contributed by atoms with Gasteiger partial charge in [0.2, 0.25) is 11.8 Å². The molecule has 0 aliphatic carbocycles. The number of hydrogen-bond donors (Lipinski definition) is 1. The van der Waals surface area contributed by atoms with Crippen LogP contribution in [0, 0.1) is 5.41 Å². The number of nitrogens with zero attached hydrogens (tertiary/aromatic N) is 1. The number of benzene rings is 1. The normalized spacial score (nSPS) is 17.7. The fourth-order valence-corrected chi connectivity index (χ4v) is 1.78. The summed E-state index contributed by atoms with van der Waals surface area (Å²) in [5.74, 6) is -0.468. The fraction of sp³-hybridized carbons (Fsp3) is 0.333. The maximum Gasteiger partial charge on any atom is 0.241 e. The first kappa shape index (κ1) is 13.5. The number of hydrogen-bond acceptors (Lipinski definition) is 2. The molecule has 5 heteroatoms. The van der Waals surface area contributed by atoms with E-state index in [0.29, 0.717) is 5.69 Å². The molecule has 0 spiro atoms. The van der Waals surface area contributed by atoms with Crippen molar-refractivity contribution in [2.24, 2.45) is 5.41 Å². The van der Waals surface area contributed by atoms with Gasteiger partial charge in [-0.1, -0.05) is 12.1 Å². The topological polar surface area (TPSA) is 49.4 Å². The van der Waals surface area contributed by atoms with Crippen LogP contribution in [0.15, 0.2) is 24.3 Å². The maximum absolute atomic E-state index is 12.1. The number of carbonyl (C=O) groups excluding carboxylic acids is 2. The molecule has 1 aliphatic rings. The minimum Gasteiger partial charge on any atom is -0.323 e. The Morgan fingerprint density at radius 2 is 1.76 bits per heavy atom. The highest BCUT2D eigenvalue weighted by Gasteiger charge is 2.41. The van der Waals surface area contributed by atoms with Gasteiger partial charge in [-0.05, 0) is 26.0 Å². The van der Waals surface area contributed by atoms with E-state index >= 15 is 0 Å². The van der Waals surface area contributed by atoms with E-state index in [4.69, 9.17) is 0 Å². The van der Waals surface area contributed by atoms with E-state index < -0.39 is 5.41 Å². The average Bonchev–Trinajstić information content (AvgIpc) is 2.32. The second kappa shape index (κ2) is 4.37. The van der Waals surface area contributed by atoms with Crippen molar-refractivity contribution in [2.45, 2.75) is 13.8 Å². The van der Waals surface area contributed by atoms with E-state index in [-0.39, 0.29) is 24.2 Å². The number of carbonyl (C=O) groups is 2. The average molecular weight is 255 g/mol. The van der Waals surface area contributed by atoms with Gasteiger partial charge in [-0.3, -0.25) is 9.59 Å². The second-order valence-electron chi connectivity index (χ2n) is 4.46. The molecule has 1 N–H and O–H groups in total. The number of amides is 2. The summed E-state index contributed by atoms with van der Waals surface area (Å²) in [6.07, 6.45) is 0. The molecule has 1 aromatic rings. The highest BCUT2D eigenvalue weighted by atomic mass is 35.5. The molecule has 0 fully saturated rings. The third-order valence-corrected chi connectivity index (χ3v) is 2.92. The van der Waals surface area contributed by atoms with E-state index in [1.165, 1.54) is 4.90 Å². The molecule has 0 saturated heterocycles. The van der Waals surface area contributed by atoms with Gasteiger partial charge in [0, 0.05) is 7.05 Å². The summed E-state index contributed by atoms with van der Waals surface area (Å²) in [4.78, 5) is 25.5. The Kier molecular flexibility index (Phi) is 3.48. The zero-order chi connectivity index (χ0) is 11.9. The summed E-state index contributed by atoms with van der Waals surface area (Å²) in [6, 6.07) is 7.27. The standard InChI is InChI=1S/C12H14N2O2.ClH/c1-12(2)10(15)13-8-6-4-5-7-9(8)14(3)11(12)16;/h4-7H,1-3H3,(H,13,15);1H. The summed E-state index contributed by atoms with van der Waals surface area (Å²) in [6.45, 7) is 3.26. The van der Waals surface area contributed by atoms with E-state index in [1.54, 1.807) is 27.0 Å². The third kappa shape index (κ3) is 2.00. The summed E-state index contributed by atoms with van der Waals surface area (Å²) in [5, 5.41) is 2.77. The monoisotopic (exact) mass is 254 g/mol. The van der Waals surface area contributed by atoms with Gasteiger partial charge in [-0.2, -0.15) is 0 Å². The van der Waals surface area contributed by atoms with Crippen molar-refractivity contribution in [1.82, 2.24) is 0 Å².